The molecule has 0 atom stereocenters. The molecule has 140 valence electrons. The number of amides is 2. The van der Waals surface area contributed by atoms with E-state index in [1.165, 1.54) is 0 Å². The Morgan fingerprint density at radius 3 is 2.59 bits per heavy atom. The largest absolute Gasteiger partial charge is 0.443 e. The zero-order valence-corrected chi connectivity index (χ0v) is 15.7. The molecule has 0 radical (unpaired) electrons. The third-order valence-electron chi connectivity index (χ3n) is 4.38. The molecule has 0 aliphatic carbocycles. The Hall–Kier alpha value is -3.22. The predicted octanol–water partition coefficient (Wildman–Crippen LogP) is 2.94. The molecule has 7 nitrogen and oxygen atoms in total. The Kier molecular flexibility index (Phi) is 5.49. The van der Waals surface area contributed by atoms with Crippen molar-refractivity contribution in [3.63, 3.8) is 0 Å². The van der Waals surface area contributed by atoms with Crippen LogP contribution < -0.4 is 5.32 Å². The first-order valence-electron chi connectivity index (χ1n) is 8.92. The monoisotopic (exact) mass is 366 g/mol. The molecule has 7 heteroatoms. The number of fused-ring (bicyclic) bond motifs is 1. The minimum Gasteiger partial charge on any atom is -0.443 e. The van der Waals surface area contributed by atoms with Crippen LogP contribution in [0.5, 0.6) is 0 Å². The maximum atomic E-state index is 12.5. The lowest BCUT2D eigenvalue weighted by atomic mass is 10.1. The fourth-order valence-corrected chi connectivity index (χ4v) is 2.93. The molecule has 0 aliphatic heterocycles. The SMILES string of the molecule is CCN(CC)C(=O)c1nc(CNC(=O)c2nccc3ccccc23)oc1C. The molecule has 2 amide bonds. The second-order valence-corrected chi connectivity index (χ2v) is 6.05. The highest BCUT2D eigenvalue weighted by molar-refractivity contribution is 6.05. The number of oxazole rings is 1. The number of nitrogens with one attached hydrogen (secondary N) is 1. The summed E-state index contributed by atoms with van der Waals surface area (Å²) in [5.41, 5.74) is 0.627. The molecule has 0 unspecified atom stereocenters. The van der Waals surface area contributed by atoms with Gasteiger partial charge in [-0.25, -0.2) is 4.98 Å². The summed E-state index contributed by atoms with van der Waals surface area (Å²) in [6.45, 7) is 6.79. The lowest BCUT2D eigenvalue weighted by Crippen LogP contribution is -2.31. The number of nitrogens with zero attached hydrogens (tertiary/aromatic N) is 3. The van der Waals surface area contributed by atoms with Crippen molar-refractivity contribution < 1.29 is 14.0 Å². The fourth-order valence-electron chi connectivity index (χ4n) is 2.93. The molecule has 2 heterocycles. The highest BCUT2D eigenvalue weighted by Crippen LogP contribution is 2.17. The van der Waals surface area contributed by atoms with Crippen molar-refractivity contribution in [2.24, 2.45) is 0 Å². The first-order valence-corrected chi connectivity index (χ1v) is 8.92. The topological polar surface area (TPSA) is 88.3 Å². The van der Waals surface area contributed by atoms with E-state index >= 15 is 0 Å². The van der Waals surface area contributed by atoms with E-state index in [2.05, 4.69) is 15.3 Å². The molecule has 3 aromatic rings. The number of carbonyl (C=O) groups is 2. The number of pyridine rings is 1. The van der Waals surface area contributed by atoms with Crippen molar-refractivity contribution in [2.45, 2.75) is 27.3 Å². The van der Waals surface area contributed by atoms with Crippen LogP contribution in [0, 0.1) is 6.92 Å². The van der Waals surface area contributed by atoms with Gasteiger partial charge in [-0.05, 0) is 32.2 Å². The molecule has 1 aromatic carbocycles. The molecule has 2 aromatic heterocycles. The average Bonchev–Trinajstić information content (AvgIpc) is 3.07. The van der Waals surface area contributed by atoms with Crippen molar-refractivity contribution in [1.29, 1.82) is 0 Å². The van der Waals surface area contributed by atoms with Crippen LogP contribution in [-0.4, -0.2) is 39.8 Å². The summed E-state index contributed by atoms with van der Waals surface area (Å²) < 4.78 is 5.55. The third kappa shape index (κ3) is 3.81. The number of benzene rings is 1. The van der Waals surface area contributed by atoms with Crippen LogP contribution in [0.4, 0.5) is 0 Å². The Morgan fingerprint density at radius 1 is 1.11 bits per heavy atom. The highest BCUT2D eigenvalue weighted by atomic mass is 16.4. The number of carbonyl (C=O) groups excluding carboxylic acids is 2. The van der Waals surface area contributed by atoms with Gasteiger partial charge in [0, 0.05) is 24.7 Å². The lowest BCUT2D eigenvalue weighted by Gasteiger charge is -2.16. The van der Waals surface area contributed by atoms with E-state index < -0.39 is 0 Å². The van der Waals surface area contributed by atoms with Crippen LogP contribution in [-0.2, 0) is 6.54 Å². The molecule has 0 saturated heterocycles. The smallest absolute Gasteiger partial charge is 0.276 e. The van der Waals surface area contributed by atoms with Crippen molar-refractivity contribution in [3.8, 4) is 0 Å². The van der Waals surface area contributed by atoms with Gasteiger partial charge in [0.1, 0.15) is 11.5 Å². The summed E-state index contributed by atoms with van der Waals surface area (Å²) in [7, 11) is 0. The molecule has 0 aliphatic rings. The Balaban J connectivity index is 1.74. The third-order valence-corrected chi connectivity index (χ3v) is 4.38. The second-order valence-electron chi connectivity index (χ2n) is 6.05. The molecule has 27 heavy (non-hydrogen) atoms. The summed E-state index contributed by atoms with van der Waals surface area (Å²) in [6, 6.07) is 9.41. The van der Waals surface area contributed by atoms with Gasteiger partial charge in [-0.15, -0.1) is 0 Å². The van der Waals surface area contributed by atoms with Gasteiger partial charge in [0.25, 0.3) is 11.8 Å². The number of hydrogen-bond acceptors (Lipinski definition) is 5. The first-order chi connectivity index (χ1) is 13.0. The van der Waals surface area contributed by atoms with E-state index in [-0.39, 0.29) is 29.9 Å². The summed E-state index contributed by atoms with van der Waals surface area (Å²) in [5.74, 6) is 0.241. The average molecular weight is 366 g/mol. The Morgan fingerprint density at radius 2 is 1.85 bits per heavy atom. The van der Waals surface area contributed by atoms with Crippen LogP contribution in [0.1, 0.15) is 46.5 Å². The molecule has 0 fully saturated rings. The van der Waals surface area contributed by atoms with E-state index in [0.717, 1.165) is 10.8 Å². The minimum atomic E-state index is -0.320. The minimum absolute atomic E-state index is 0.0795. The molecular weight excluding hydrogens is 344 g/mol. The molecule has 0 saturated carbocycles. The van der Waals surface area contributed by atoms with Gasteiger partial charge in [-0.3, -0.25) is 14.6 Å². The highest BCUT2D eigenvalue weighted by Gasteiger charge is 2.21. The Bertz CT molecular complexity index is 971. The maximum absolute atomic E-state index is 12.5. The quantitative estimate of drug-likeness (QED) is 0.725. The molecular formula is C20H22N4O3. The number of aryl methyl sites for hydroxylation is 1. The lowest BCUT2D eigenvalue weighted by molar-refractivity contribution is 0.0766. The number of hydrogen-bond donors (Lipinski definition) is 1. The fraction of sp³-hybridized carbons (Fsp3) is 0.300. The van der Waals surface area contributed by atoms with E-state index in [1.54, 1.807) is 18.0 Å². The van der Waals surface area contributed by atoms with Gasteiger partial charge >= 0.3 is 0 Å². The van der Waals surface area contributed by atoms with Gasteiger partial charge in [-0.1, -0.05) is 24.3 Å². The summed E-state index contributed by atoms with van der Waals surface area (Å²) in [4.78, 5) is 35.1. The number of rotatable bonds is 6. The van der Waals surface area contributed by atoms with Crippen molar-refractivity contribution in [2.75, 3.05) is 13.1 Å². The molecule has 0 spiro atoms. The van der Waals surface area contributed by atoms with Crippen LogP contribution in [0.15, 0.2) is 40.9 Å². The molecule has 0 bridgehead atoms. The van der Waals surface area contributed by atoms with Gasteiger partial charge in [0.05, 0.1) is 6.54 Å². The molecule has 3 rings (SSSR count). The second kappa shape index (κ2) is 7.99. The van der Waals surface area contributed by atoms with Gasteiger partial charge in [0.2, 0.25) is 5.89 Å². The first kappa shape index (κ1) is 18.6. The normalized spacial score (nSPS) is 10.8. The Labute approximate surface area is 157 Å². The van der Waals surface area contributed by atoms with Gasteiger partial charge in [0.15, 0.2) is 5.69 Å². The van der Waals surface area contributed by atoms with Crippen LogP contribution in [0.2, 0.25) is 0 Å². The zero-order chi connectivity index (χ0) is 19.4. The van der Waals surface area contributed by atoms with E-state index in [1.807, 2.05) is 44.2 Å². The predicted molar refractivity (Wildman–Crippen MR) is 101 cm³/mol. The van der Waals surface area contributed by atoms with Crippen LogP contribution in [0.3, 0.4) is 0 Å². The molecule has 1 N–H and O–H groups in total. The van der Waals surface area contributed by atoms with Crippen molar-refractivity contribution >= 4 is 22.6 Å². The summed E-state index contributed by atoms with van der Waals surface area (Å²) >= 11 is 0. The van der Waals surface area contributed by atoms with Gasteiger partial charge in [-0.2, -0.15) is 0 Å². The van der Waals surface area contributed by atoms with Crippen molar-refractivity contribution in [1.82, 2.24) is 20.2 Å². The van der Waals surface area contributed by atoms with Crippen molar-refractivity contribution in [3.05, 3.63) is 59.6 Å². The zero-order valence-electron chi connectivity index (χ0n) is 15.7. The van der Waals surface area contributed by atoms with Crippen LogP contribution >= 0.6 is 0 Å². The van der Waals surface area contributed by atoms with Crippen LogP contribution in [0.25, 0.3) is 10.8 Å². The summed E-state index contributed by atoms with van der Waals surface area (Å²) in [6.07, 6.45) is 1.60. The maximum Gasteiger partial charge on any atom is 0.276 e. The number of aromatic nitrogens is 2. The van der Waals surface area contributed by atoms with E-state index in [4.69, 9.17) is 4.42 Å². The van der Waals surface area contributed by atoms with E-state index in [0.29, 0.717) is 24.5 Å². The summed E-state index contributed by atoms with van der Waals surface area (Å²) in [5, 5.41) is 4.48. The van der Waals surface area contributed by atoms with Gasteiger partial charge < -0.3 is 14.6 Å². The standard InChI is InChI=1S/C20H22N4O3/c1-4-24(5-2)20(26)17-13(3)27-16(23-17)12-22-19(25)18-15-9-7-6-8-14(15)10-11-21-18/h6-11H,4-5,12H2,1-3H3,(H,22,25). The van der Waals surface area contributed by atoms with E-state index in [9.17, 15) is 9.59 Å².